The predicted octanol–water partition coefficient (Wildman–Crippen LogP) is 1.05. The fraction of sp³-hybridized carbons (Fsp3) is 0.333. The van der Waals surface area contributed by atoms with Gasteiger partial charge in [0.15, 0.2) is 0 Å². The lowest BCUT2D eigenvalue weighted by Crippen LogP contribution is -2.17. The molecule has 0 spiro atoms. The number of nitrogens with two attached hydrogens (primary N) is 2. The second-order valence-electron chi connectivity index (χ2n) is 2.84. The lowest BCUT2D eigenvalue weighted by Gasteiger charge is -2.12. The van der Waals surface area contributed by atoms with Gasteiger partial charge in [-0.3, -0.25) is 0 Å². The van der Waals surface area contributed by atoms with Gasteiger partial charge in [-0.25, -0.2) is 4.39 Å². The van der Waals surface area contributed by atoms with Gasteiger partial charge in [0.25, 0.3) is 0 Å². The summed E-state index contributed by atoms with van der Waals surface area (Å²) in [4.78, 5) is 0. The van der Waals surface area contributed by atoms with Gasteiger partial charge in [0, 0.05) is 18.4 Å². The van der Waals surface area contributed by atoms with Crippen LogP contribution in [0, 0.1) is 5.82 Å². The predicted molar refractivity (Wildman–Crippen MR) is 49.6 cm³/mol. The lowest BCUT2D eigenvalue weighted by atomic mass is 10.1. The molecule has 4 N–H and O–H groups in total. The molecule has 1 rings (SSSR count). The van der Waals surface area contributed by atoms with Crippen LogP contribution < -0.4 is 11.5 Å². The standard InChI is InChI=1S/C9H13FN2O/c1-13-5-9(12)7-4-6(11)2-3-8(7)10/h2-4,9H,5,11-12H2,1H3. The van der Waals surface area contributed by atoms with Crippen LogP contribution in [-0.4, -0.2) is 13.7 Å². The largest absolute Gasteiger partial charge is 0.399 e. The molecule has 3 nitrogen and oxygen atoms in total. The number of halogens is 1. The van der Waals surface area contributed by atoms with E-state index in [-0.39, 0.29) is 12.4 Å². The molecule has 0 amide bonds. The van der Waals surface area contributed by atoms with Crippen LogP contribution >= 0.6 is 0 Å². The Kier molecular flexibility index (Phi) is 3.22. The van der Waals surface area contributed by atoms with Crippen molar-refractivity contribution in [2.24, 2.45) is 5.73 Å². The van der Waals surface area contributed by atoms with Crippen LogP contribution in [-0.2, 0) is 4.74 Å². The Morgan fingerprint density at radius 1 is 1.54 bits per heavy atom. The Hall–Kier alpha value is -1.13. The van der Waals surface area contributed by atoms with Gasteiger partial charge in [0.1, 0.15) is 5.82 Å². The normalized spacial score (nSPS) is 12.8. The highest BCUT2D eigenvalue weighted by molar-refractivity contribution is 5.42. The molecule has 0 saturated heterocycles. The van der Waals surface area contributed by atoms with Crippen molar-refractivity contribution in [2.45, 2.75) is 6.04 Å². The average Bonchev–Trinajstić information content (AvgIpc) is 2.09. The summed E-state index contributed by atoms with van der Waals surface area (Å²) in [5.41, 5.74) is 12.0. The number of benzene rings is 1. The van der Waals surface area contributed by atoms with Crippen molar-refractivity contribution in [2.75, 3.05) is 19.5 Å². The summed E-state index contributed by atoms with van der Waals surface area (Å²) in [6.45, 7) is 0.278. The van der Waals surface area contributed by atoms with E-state index in [1.165, 1.54) is 25.3 Å². The molecule has 0 aliphatic carbocycles. The van der Waals surface area contributed by atoms with Gasteiger partial charge in [-0.15, -0.1) is 0 Å². The maximum atomic E-state index is 13.2. The zero-order valence-corrected chi connectivity index (χ0v) is 7.46. The Morgan fingerprint density at radius 2 is 2.23 bits per heavy atom. The molecule has 0 heterocycles. The maximum Gasteiger partial charge on any atom is 0.128 e. The third-order valence-corrected chi connectivity index (χ3v) is 1.77. The van der Waals surface area contributed by atoms with Crippen molar-refractivity contribution >= 4 is 5.69 Å². The van der Waals surface area contributed by atoms with Crippen molar-refractivity contribution in [3.63, 3.8) is 0 Å². The Morgan fingerprint density at radius 3 is 2.85 bits per heavy atom. The average molecular weight is 184 g/mol. The molecule has 1 unspecified atom stereocenters. The van der Waals surface area contributed by atoms with E-state index in [0.29, 0.717) is 11.3 Å². The summed E-state index contributed by atoms with van der Waals surface area (Å²) >= 11 is 0. The third kappa shape index (κ3) is 2.40. The Bertz CT molecular complexity index is 291. The van der Waals surface area contributed by atoms with E-state index in [2.05, 4.69) is 0 Å². The number of nitrogen functional groups attached to an aromatic ring is 1. The summed E-state index contributed by atoms with van der Waals surface area (Å²) < 4.78 is 18.0. The lowest BCUT2D eigenvalue weighted by molar-refractivity contribution is 0.179. The zero-order valence-electron chi connectivity index (χ0n) is 7.46. The van der Waals surface area contributed by atoms with Gasteiger partial charge in [0.05, 0.1) is 12.6 Å². The summed E-state index contributed by atoms with van der Waals surface area (Å²) in [5.74, 6) is -0.348. The second kappa shape index (κ2) is 4.20. The van der Waals surface area contributed by atoms with Gasteiger partial charge < -0.3 is 16.2 Å². The highest BCUT2D eigenvalue weighted by Crippen LogP contribution is 2.18. The van der Waals surface area contributed by atoms with Gasteiger partial charge in [-0.1, -0.05) is 0 Å². The van der Waals surface area contributed by atoms with E-state index in [1.54, 1.807) is 0 Å². The first kappa shape index (κ1) is 9.95. The van der Waals surface area contributed by atoms with Crippen LogP contribution in [0.15, 0.2) is 18.2 Å². The molecule has 4 heteroatoms. The van der Waals surface area contributed by atoms with E-state index in [0.717, 1.165) is 0 Å². The van der Waals surface area contributed by atoms with E-state index >= 15 is 0 Å². The first-order valence-corrected chi connectivity index (χ1v) is 3.94. The third-order valence-electron chi connectivity index (χ3n) is 1.77. The number of ether oxygens (including phenoxy) is 1. The first-order valence-electron chi connectivity index (χ1n) is 3.94. The molecule has 72 valence electrons. The minimum Gasteiger partial charge on any atom is -0.399 e. The molecule has 1 atom stereocenters. The van der Waals surface area contributed by atoms with Crippen LogP contribution in [0.25, 0.3) is 0 Å². The Balaban J connectivity index is 2.91. The molecule has 0 fully saturated rings. The minimum absolute atomic E-state index is 0.278. The molecule has 0 aliphatic heterocycles. The second-order valence-corrected chi connectivity index (χ2v) is 2.84. The number of hydrogen-bond donors (Lipinski definition) is 2. The number of anilines is 1. The number of rotatable bonds is 3. The van der Waals surface area contributed by atoms with Crippen molar-refractivity contribution in [1.29, 1.82) is 0 Å². The van der Waals surface area contributed by atoms with Gasteiger partial charge >= 0.3 is 0 Å². The first-order chi connectivity index (χ1) is 6.15. The van der Waals surface area contributed by atoms with E-state index in [1.807, 2.05) is 0 Å². The molecular formula is C9H13FN2O. The molecule has 0 bridgehead atoms. The van der Waals surface area contributed by atoms with E-state index in [4.69, 9.17) is 16.2 Å². The molecule has 1 aromatic rings. The maximum absolute atomic E-state index is 13.2. The fourth-order valence-corrected chi connectivity index (χ4v) is 1.12. The van der Waals surface area contributed by atoms with E-state index < -0.39 is 6.04 Å². The van der Waals surface area contributed by atoms with Crippen LogP contribution in [0.2, 0.25) is 0 Å². The zero-order chi connectivity index (χ0) is 9.84. The SMILES string of the molecule is COCC(N)c1cc(N)ccc1F. The van der Waals surface area contributed by atoms with Crippen molar-refractivity contribution in [1.82, 2.24) is 0 Å². The smallest absolute Gasteiger partial charge is 0.128 e. The van der Waals surface area contributed by atoms with Gasteiger partial charge in [0.2, 0.25) is 0 Å². The van der Waals surface area contributed by atoms with Gasteiger partial charge in [-0.05, 0) is 18.2 Å². The molecule has 0 saturated carbocycles. The van der Waals surface area contributed by atoms with Crippen LogP contribution in [0.3, 0.4) is 0 Å². The highest BCUT2D eigenvalue weighted by Gasteiger charge is 2.10. The summed E-state index contributed by atoms with van der Waals surface area (Å²) in [6.07, 6.45) is 0. The van der Waals surface area contributed by atoms with Crippen LogP contribution in [0.5, 0.6) is 0 Å². The summed E-state index contributed by atoms with van der Waals surface area (Å²) in [5, 5.41) is 0. The van der Waals surface area contributed by atoms with Gasteiger partial charge in [-0.2, -0.15) is 0 Å². The molecular weight excluding hydrogens is 171 g/mol. The molecule has 0 radical (unpaired) electrons. The molecule has 1 aromatic carbocycles. The topological polar surface area (TPSA) is 61.3 Å². The fourth-order valence-electron chi connectivity index (χ4n) is 1.12. The Labute approximate surface area is 76.5 Å². The van der Waals surface area contributed by atoms with Crippen molar-refractivity contribution in [3.05, 3.63) is 29.6 Å². The minimum atomic E-state index is -0.464. The molecule has 13 heavy (non-hydrogen) atoms. The quantitative estimate of drug-likeness (QED) is 0.690. The monoisotopic (exact) mass is 184 g/mol. The van der Waals surface area contributed by atoms with E-state index in [9.17, 15) is 4.39 Å². The van der Waals surface area contributed by atoms with Crippen LogP contribution in [0.1, 0.15) is 11.6 Å². The van der Waals surface area contributed by atoms with Crippen molar-refractivity contribution in [3.8, 4) is 0 Å². The molecule has 0 aliphatic rings. The molecule has 0 aromatic heterocycles. The number of hydrogen-bond acceptors (Lipinski definition) is 3. The number of methoxy groups -OCH3 is 1. The summed E-state index contributed by atoms with van der Waals surface area (Å²) in [6, 6.07) is 3.87. The summed E-state index contributed by atoms with van der Waals surface area (Å²) in [7, 11) is 1.52. The van der Waals surface area contributed by atoms with Crippen LogP contribution in [0.4, 0.5) is 10.1 Å². The van der Waals surface area contributed by atoms with Crippen molar-refractivity contribution < 1.29 is 9.13 Å². The highest BCUT2D eigenvalue weighted by atomic mass is 19.1.